The summed E-state index contributed by atoms with van der Waals surface area (Å²) >= 11 is 0. The molecule has 1 saturated heterocycles. The summed E-state index contributed by atoms with van der Waals surface area (Å²) in [6.45, 7) is 6.21. The lowest BCUT2D eigenvalue weighted by Gasteiger charge is -2.46. The molecule has 0 saturated carbocycles. The predicted octanol–water partition coefficient (Wildman–Crippen LogP) is 2.54. The first-order valence-electron chi connectivity index (χ1n) is 7.66. The second kappa shape index (κ2) is 6.15. The molecule has 1 aromatic carbocycles. The molecule has 2 atom stereocenters. The Labute approximate surface area is 122 Å². The number of methoxy groups -OCH3 is 1. The maximum atomic E-state index is 6.05. The van der Waals surface area contributed by atoms with E-state index in [1.807, 2.05) is 6.07 Å². The van der Waals surface area contributed by atoms with Crippen LogP contribution in [-0.4, -0.2) is 25.9 Å². The third-order valence-corrected chi connectivity index (χ3v) is 4.83. The number of rotatable bonds is 5. The lowest BCUT2D eigenvalue weighted by molar-refractivity contribution is -0.372. The predicted molar refractivity (Wildman–Crippen MR) is 80.9 cm³/mol. The Morgan fingerprint density at radius 1 is 1.35 bits per heavy atom. The zero-order valence-corrected chi connectivity index (χ0v) is 13.1. The summed E-state index contributed by atoms with van der Waals surface area (Å²) < 4.78 is 11.7. The van der Waals surface area contributed by atoms with E-state index in [9.17, 15) is 0 Å². The first-order chi connectivity index (χ1) is 9.59. The van der Waals surface area contributed by atoms with Crippen molar-refractivity contribution in [1.29, 1.82) is 0 Å². The van der Waals surface area contributed by atoms with Gasteiger partial charge in [-0.25, -0.2) is 0 Å². The number of para-hydroxylation sites is 1. The molecule has 0 aliphatic carbocycles. The van der Waals surface area contributed by atoms with Crippen LogP contribution in [-0.2, 0) is 10.2 Å². The Morgan fingerprint density at radius 3 is 2.75 bits per heavy atom. The summed E-state index contributed by atoms with van der Waals surface area (Å²) in [5.74, 6) is 1.00. The molecule has 112 valence electrons. The highest BCUT2D eigenvalue weighted by Gasteiger charge is 2.44. The summed E-state index contributed by atoms with van der Waals surface area (Å²) in [6, 6.07) is 8.44. The molecule has 3 nitrogen and oxygen atoms in total. The van der Waals surface area contributed by atoms with Gasteiger partial charge in [0, 0.05) is 24.0 Å². The molecule has 1 aliphatic heterocycles. The molecule has 0 bridgehead atoms. The Morgan fingerprint density at radius 2 is 2.10 bits per heavy atom. The third-order valence-electron chi connectivity index (χ3n) is 4.83. The fourth-order valence-corrected chi connectivity index (χ4v) is 3.57. The summed E-state index contributed by atoms with van der Waals surface area (Å²) in [5.41, 5.74) is 5.53. The third kappa shape index (κ3) is 2.84. The van der Waals surface area contributed by atoms with Crippen LogP contribution in [0.1, 0.15) is 45.1 Å². The van der Waals surface area contributed by atoms with E-state index in [0.29, 0.717) is 0 Å². The van der Waals surface area contributed by atoms with Crippen LogP contribution < -0.4 is 10.5 Å². The minimum Gasteiger partial charge on any atom is -0.496 e. The largest absolute Gasteiger partial charge is 0.496 e. The van der Waals surface area contributed by atoms with Crippen molar-refractivity contribution in [2.75, 3.05) is 20.3 Å². The van der Waals surface area contributed by atoms with Gasteiger partial charge in [0.15, 0.2) is 0 Å². The molecule has 0 unspecified atom stereocenters. The zero-order valence-electron chi connectivity index (χ0n) is 13.1. The van der Waals surface area contributed by atoms with Crippen molar-refractivity contribution in [3.8, 4) is 5.75 Å². The minimum absolute atomic E-state index is 0.0335. The molecule has 20 heavy (non-hydrogen) atoms. The number of hydrogen-bond acceptors (Lipinski definition) is 2. The van der Waals surface area contributed by atoms with Crippen LogP contribution in [0.3, 0.4) is 0 Å². The standard InChI is InChI=1S/C17H27NO2/c1-4-16(2)13-17(9-11-18,10-12-20-16)14-7-5-6-8-15(14)19-3/h5-8H,4,9-13,18H2,1-3H3/p+1/t16-,17+/m1/s1. The fraction of sp³-hybridized carbons (Fsp3) is 0.647. The Bertz CT molecular complexity index is 444. The highest BCUT2D eigenvalue weighted by Crippen LogP contribution is 2.47. The van der Waals surface area contributed by atoms with Gasteiger partial charge in [-0.3, -0.25) is 0 Å². The summed E-state index contributed by atoms with van der Waals surface area (Å²) in [5, 5.41) is 0. The number of benzene rings is 1. The molecular weight excluding hydrogens is 250 g/mol. The Balaban J connectivity index is 2.43. The van der Waals surface area contributed by atoms with Gasteiger partial charge in [0.25, 0.3) is 0 Å². The van der Waals surface area contributed by atoms with Gasteiger partial charge < -0.3 is 15.2 Å². The van der Waals surface area contributed by atoms with Crippen molar-refractivity contribution in [1.82, 2.24) is 0 Å². The van der Waals surface area contributed by atoms with Gasteiger partial charge in [-0.15, -0.1) is 0 Å². The Hall–Kier alpha value is -1.06. The summed E-state index contributed by atoms with van der Waals surface area (Å²) in [4.78, 5) is 0. The summed E-state index contributed by atoms with van der Waals surface area (Å²) in [6.07, 6.45) is 4.23. The van der Waals surface area contributed by atoms with Crippen LogP contribution >= 0.6 is 0 Å². The van der Waals surface area contributed by atoms with Crippen molar-refractivity contribution in [2.45, 2.75) is 50.5 Å². The molecule has 3 heteroatoms. The topological polar surface area (TPSA) is 46.1 Å². The average molecular weight is 278 g/mol. The molecule has 1 fully saturated rings. The van der Waals surface area contributed by atoms with Crippen LogP contribution in [0.4, 0.5) is 0 Å². The SMILES string of the molecule is CC[C@]1(C)C[C@@](CC[NH3+])(c2ccccc2OC)CCO1. The van der Waals surface area contributed by atoms with Gasteiger partial charge in [0.1, 0.15) is 5.75 Å². The minimum atomic E-state index is -0.0335. The van der Waals surface area contributed by atoms with Crippen LogP contribution in [0, 0.1) is 0 Å². The van der Waals surface area contributed by atoms with Crippen molar-refractivity contribution in [3.63, 3.8) is 0 Å². The quantitative estimate of drug-likeness (QED) is 0.899. The van der Waals surface area contributed by atoms with Crippen LogP contribution in [0.25, 0.3) is 0 Å². The monoisotopic (exact) mass is 278 g/mol. The van der Waals surface area contributed by atoms with E-state index in [1.54, 1.807) is 7.11 Å². The normalized spacial score (nSPS) is 30.2. The second-order valence-corrected chi connectivity index (χ2v) is 6.16. The number of ether oxygens (including phenoxy) is 2. The maximum Gasteiger partial charge on any atom is 0.122 e. The van der Waals surface area contributed by atoms with E-state index >= 15 is 0 Å². The highest BCUT2D eigenvalue weighted by molar-refractivity contribution is 5.40. The van der Waals surface area contributed by atoms with Gasteiger partial charge in [-0.05, 0) is 32.3 Å². The van der Waals surface area contributed by atoms with E-state index in [0.717, 1.165) is 44.6 Å². The van der Waals surface area contributed by atoms with E-state index in [4.69, 9.17) is 9.47 Å². The van der Waals surface area contributed by atoms with Crippen molar-refractivity contribution in [2.24, 2.45) is 0 Å². The molecule has 1 aliphatic rings. The average Bonchev–Trinajstić information content (AvgIpc) is 2.47. The van der Waals surface area contributed by atoms with Gasteiger partial charge >= 0.3 is 0 Å². The Kier molecular flexibility index (Phi) is 4.71. The molecule has 0 radical (unpaired) electrons. The smallest absolute Gasteiger partial charge is 0.122 e. The first kappa shape index (κ1) is 15.3. The molecule has 3 N–H and O–H groups in total. The van der Waals surface area contributed by atoms with Crippen LogP contribution in [0.2, 0.25) is 0 Å². The van der Waals surface area contributed by atoms with E-state index < -0.39 is 0 Å². The zero-order chi connectivity index (χ0) is 14.6. The molecule has 0 spiro atoms. The first-order valence-corrected chi connectivity index (χ1v) is 7.66. The molecule has 1 aromatic rings. The van der Waals surface area contributed by atoms with E-state index in [-0.39, 0.29) is 11.0 Å². The van der Waals surface area contributed by atoms with Crippen LogP contribution in [0.15, 0.2) is 24.3 Å². The van der Waals surface area contributed by atoms with Crippen LogP contribution in [0.5, 0.6) is 5.75 Å². The van der Waals surface area contributed by atoms with Gasteiger partial charge in [-0.1, -0.05) is 25.1 Å². The highest BCUT2D eigenvalue weighted by atomic mass is 16.5. The van der Waals surface area contributed by atoms with Gasteiger partial charge in [0.05, 0.1) is 19.3 Å². The van der Waals surface area contributed by atoms with E-state index in [1.165, 1.54) is 5.56 Å². The van der Waals surface area contributed by atoms with Gasteiger partial charge in [-0.2, -0.15) is 0 Å². The van der Waals surface area contributed by atoms with Crippen molar-refractivity contribution in [3.05, 3.63) is 29.8 Å². The summed E-state index contributed by atoms with van der Waals surface area (Å²) in [7, 11) is 1.76. The van der Waals surface area contributed by atoms with Gasteiger partial charge in [0.2, 0.25) is 0 Å². The lowest BCUT2D eigenvalue weighted by atomic mass is 9.66. The van der Waals surface area contributed by atoms with Crippen molar-refractivity contribution < 1.29 is 15.2 Å². The lowest BCUT2D eigenvalue weighted by Crippen LogP contribution is -2.55. The second-order valence-electron chi connectivity index (χ2n) is 6.16. The fourth-order valence-electron chi connectivity index (χ4n) is 3.57. The molecule has 2 rings (SSSR count). The number of hydrogen-bond donors (Lipinski definition) is 1. The molecule has 0 aromatic heterocycles. The number of quaternary nitrogens is 1. The molecule has 1 heterocycles. The molecule has 0 amide bonds. The maximum absolute atomic E-state index is 6.05. The van der Waals surface area contributed by atoms with E-state index in [2.05, 4.69) is 37.8 Å². The van der Waals surface area contributed by atoms with Crippen molar-refractivity contribution >= 4 is 0 Å². The molecular formula is C17H28NO2+.